The van der Waals surface area contributed by atoms with E-state index < -0.39 is 0 Å². The van der Waals surface area contributed by atoms with Gasteiger partial charge in [0.1, 0.15) is 0 Å². The van der Waals surface area contributed by atoms with Crippen molar-refractivity contribution >= 4 is 24.1 Å². The van der Waals surface area contributed by atoms with Gasteiger partial charge < -0.3 is 0 Å². The summed E-state index contributed by atoms with van der Waals surface area (Å²) in [5.74, 6) is 0. The van der Waals surface area contributed by atoms with E-state index in [-0.39, 0.29) is 0 Å². The third kappa shape index (κ3) is 1.99. The Kier molecular flexibility index (Phi) is 2.99. The van der Waals surface area contributed by atoms with Crippen molar-refractivity contribution in [2.45, 2.75) is 0 Å². The first kappa shape index (κ1) is 8.15. The van der Waals surface area contributed by atoms with Gasteiger partial charge in [0.15, 0.2) is 0 Å². The average molecular weight is 162 g/mol. The van der Waals surface area contributed by atoms with Crippen LogP contribution in [0.3, 0.4) is 0 Å². The van der Waals surface area contributed by atoms with E-state index in [1.807, 2.05) is 30.3 Å². The van der Waals surface area contributed by atoms with Crippen LogP contribution in [0, 0.1) is 0 Å². The predicted octanol–water partition coefficient (Wildman–Crippen LogP) is 1.32. The lowest BCUT2D eigenvalue weighted by Gasteiger charge is -1.85. The van der Waals surface area contributed by atoms with Gasteiger partial charge in [0, 0.05) is 0 Å². The molecule has 1 aromatic carbocycles. The van der Waals surface area contributed by atoms with E-state index in [1.54, 1.807) is 11.5 Å². The van der Waals surface area contributed by atoms with Gasteiger partial charge >= 0.3 is 0 Å². The summed E-state index contributed by atoms with van der Waals surface area (Å²) >= 11 is 4.09. The molecule has 0 radical (unpaired) electrons. The zero-order valence-electron chi connectivity index (χ0n) is 6.20. The van der Waals surface area contributed by atoms with Gasteiger partial charge in [0.05, 0.1) is 0 Å². The maximum atomic E-state index is 4.09. The largest absolute Gasteiger partial charge is 0.151 e. The van der Waals surface area contributed by atoms with Crippen molar-refractivity contribution in [3.8, 4) is 0 Å². The molecule has 0 fully saturated rings. The van der Waals surface area contributed by atoms with Gasteiger partial charge in [-0.05, 0) is 15.8 Å². The molecule has 0 aromatic heterocycles. The van der Waals surface area contributed by atoms with Crippen molar-refractivity contribution in [1.29, 1.82) is 0 Å². The predicted molar refractivity (Wildman–Crippen MR) is 53.8 cm³/mol. The molecule has 0 heterocycles. The van der Waals surface area contributed by atoms with Crippen molar-refractivity contribution in [2.75, 3.05) is 0 Å². The molecule has 1 heteroatoms. The molecule has 0 saturated carbocycles. The van der Waals surface area contributed by atoms with Crippen LogP contribution in [0.15, 0.2) is 36.9 Å². The molecule has 11 heavy (non-hydrogen) atoms. The third-order valence-corrected chi connectivity index (χ3v) is 1.71. The number of thiol groups is 1. The quantitative estimate of drug-likeness (QED) is 0.592. The molecule has 0 aliphatic carbocycles. The summed E-state index contributed by atoms with van der Waals surface area (Å²) in [7, 11) is 0. The molecule has 0 amide bonds. The number of hydrogen-bond acceptors (Lipinski definition) is 1. The molecular weight excluding hydrogens is 152 g/mol. The van der Waals surface area contributed by atoms with Crippen LogP contribution in [0.2, 0.25) is 0 Å². The Morgan fingerprint density at radius 1 is 1.18 bits per heavy atom. The molecule has 0 bridgehead atoms. The highest BCUT2D eigenvalue weighted by Crippen LogP contribution is 1.75. The normalized spacial score (nSPS) is 13.5. The van der Waals surface area contributed by atoms with Crippen molar-refractivity contribution in [2.24, 2.45) is 0 Å². The Morgan fingerprint density at radius 2 is 1.82 bits per heavy atom. The number of allylic oxidation sites excluding steroid dienone is 1. The summed E-state index contributed by atoms with van der Waals surface area (Å²) in [5.41, 5.74) is 0. The fourth-order valence-electron chi connectivity index (χ4n) is 0.907. The first-order valence-electron chi connectivity index (χ1n) is 3.40. The van der Waals surface area contributed by atoms with Crippen molar-refractivity contribution in [1.82, 2.24) is 0 Å². The highest BCUT2D eigenvalue weighted by Gasteiger charge is 1.78. The van der Waals surface area contributed by atoms with Gasteiger partial charge in [-0.3, -0.25) is 0 Å². The summed E-state index contributed by atoms with van der Waals surface area (Å²) in [6, 6.07) is 8.03. The van der Waals surface area contributed by atoms with Gasteiger partial charge in [-0.15, -0.1) is 0 Å². The standard InChI is InChI=1S/C10H10S/c1-2-5-9-6-3-4-7-10(9)8-11/h2-8,11H,1H2/b9-5-,10-8-. The SMILES string of the molecule is C=C/C=c1/cccc/c1=C/S. The monoisotopic (exact) mass is 162 g/mol. The maximum absolute atomic E-state index is 4.09. The molecule has 1 rings (SSSR count). The van der Waals surface area contributed by atoms with Gasteiger partial charge in [-0.2, -0.15) is 12.6 Å². The topological polar surface area (TPSA) is 0 Å². The molecule has 0 atom stereocenters. The van der Waals surface area contributed by atoms with E-state index in [0.29, 0.717) is 0 Å². The van der Waals surface area contributed by atoms with Crippen molar-refractivity contribution < 1.29 is 0 Å². The highest BCUT2D eigenvalue weighted by molar-refractivity contribution is 7.88. The number of hydrogen-bond donors (Lipinski definition) is 1. The lowest BCUT2D eigenvalue weighted by molar-refractivity contribution is 1.53. The molecule has 0 nitrogen and oxygen atoms in total. The van der Waals surface area contributed by atoms with E-state index in [0.717, 1.165) is 10.4 Å². The zero-order chi connectivity index (χ0) is 8.10. The zero-order valence-corrected chi connectivity index (χ0v) is 7.09. The summed E-state index contributed by atoms with van der Waals surface area (Å²) in [5, 5.41) is 4.06. The highest BCUT2D eigenvalue weighted by atomic mass is 32.1. The lowest BCUT2D eigenvalue weighted by atomic mass is 10.2. The second-order valence-corrected chi connectivity index (χ2v) is 2.42. The fourth-order valence-corrected chi connectivity index (χ4v) is 1.14. The lowest BCUT2D eigenvalue weighted by Crippen LogP contribution is -2.22. The van der Waals surface area contributed by atoms with Crippen LogP contribution >= 0.6 is 12.6 Å². The molecular formula is C10H10S. The van der Waals surface area contributed by atoms with Crippen molar-refractivity contribution in [3.05, 3.63) is 47.4 Å². The number of benzene rings is 1. The van der Waals surface area contributed by atoms with Crippen LogP contribution in [0.25, 0.3) is 11.5 Å². The average Bonchev–Trinajstić information content (AvgIpc) is 2.06. The molecule has 0 aliphatic rings. The summed E-state index contributed by atoms with van der Waals surface area (Å²) in [6.07, 6.45) is 3.73. The first-order chi connectivity index (χ1) is 5.38. The van der Waals surface area contributed by atoms with Crippen LogP contribution in [0.5, 0.6) is 0 Å². The minimum Gasteiger partial charge on any atom is -0.151 e. The van der Waals surface area contributed by atoms with Crippen LogP contribution in [0.4, 0.5) is 0 Å². The Morgan fingerprint density at radius 3 is 2.36 bits per heavy atom. The van der Waals surface area contributed by atoms with E-state index in [4.69, 9.17) is 0 Å². The van der Waals surface area contributed by atoms with Gasteiger partial charge in [-0.1, -0.05) is 43.0 Å². The molecule has 0 aliphatic heterocycles. The summed E-state index contributed by atoms with van der Waals surface area (Å²) in [4.78, 5) is 0. The Balaban J connectivity index is 3.48. The van der Waals surface area contributed by atoms with E-state index in [2.05, 4.69) is 19.2 Å². The van der Waals surface area contributed by atoms with Gasteiger partial charge in [0.25, 0.3) is 0 Å². The molecule has 1 aromatic rings. The molecule has 0 saturated heterocycles. The Labute approximate surface area is 72.0 Å². The minimum absolute atomic E-state index is 1.12. The van der Waals surface area contributed by atoms with Crippen LogP contribution in [-0.4, -0.2) is 0 Å². The molecule has 0 unspecified atom stereocenters. The summed E-state index contributed by atoms with van der Waals surface area (Å²) < 4.78 is 0. The number of rotatable bonds is 1. The van der Waals surface area contributed by atoms with Crippen LogP contribution in [0.1, 0.15) is 0 Å². The molecule has 0 N–H and O–H groups in total. The van der Waals surface area contributed by atoms with Gasteiger partial charge in [0.2, 0.25) is 0 Å². The van der Waals surface area contributed by atoms with Gasteiger partial charge in [-0.25, -0.2) is 0 Å². The molecule has 0 spiro atoms. The Hall–Kier alpha value is -0.950. The van der Waals surface area contributed by atoms with E-state index in [9.17, 15) is 0 Å². The van der Waals surface area contributed by atoms with E-state index in [1.165, 1.54) is 0 Å². The third-order valence-electron chi connectivity index (χ3n) is 1.43. The maximum Gasteiger partial charge on any atom is -0.0123 e. The summed E-state index contributed by atoms with van der Waals surface area (Å²) in [6.45, 7) is 3.64. The second-order valence-electron chi connectivity index (χ2n) is 2.16. The van der Waals surface area contributed by atoms with Crippen molar-refractivity contribution in [3.63, 3.8) is 0 Å². The van der Waals surface area contributed by atoms with Crippen LogP contribution in [-0.2, 0) is 0 Å². The fraction of sp³-hybridized carbons (Fsp3) is 0. The Bertz CT molecular complexity index is 349. The first-order valence-corrected chi connectivity index (χ1v) is 3.92. The second kappa shape index (κ2) is 4.04. The van der Waals surface area contributed by atoms with Crippen LogP contribution < -0.4 is 10.4 Å². The smallest absolute Gasteiger partial charge is 0.0123 e. The minimum atomic E-state index is 1.12. The molecule has 56 valence electrons. The van der Waals surface area contributed by atoms with E-state index >= 15 is 0 Å².